The zero-order chi connectivity index (χ0) is 14.5. The Morgan fingerprint density at radius 2 is 2.30 bits per heavy atom. The van der Waals surface area contributed by atoms with Gasteiger partial charge in [0.1, 0.15) is 12.2 Å². The van der Waals surface area contributed by atoms with Gasteiger partial charge in [0.15, 0.2) is 0 Å². The predicted molar refractivity (Wildman–Crippen MR) is 78.2 cm³/mol. The second-order valence-electron chi connectivity index (χ2n) is 6.18. The molecule has 1 aromatic heterocycles. The molecule has 5 heteroatoms. The number of nitrogens with zero attached hydrogens (tertiary/aromatic N) is 4. The lowest BCUT2D eigenvalue weighted by Gasteiger charge is -2.33. The van der Waals surface area contributed by atoms with Gasteiger partial charge < -0.3 is 9.47 Å². The van der Waals surface area contributed by atoms with Gasteiger partial charge in [0, 0.05) is 32.5 Å². The molecule has 5 nitrogen and oxygen atoms in total. The summed E-state index contributed by atoms with van der Waals surface area (Å²) in [4.78, 5) is 14.2. The number of carbonyl (C=O) groups excluding carboxylic acids is 1. The van der Waals surface area contributed by atoms with Crippen LogP contribution in [0.3, 0.4) is 0 Å². The van der Waals surface area contributed by atoms with Crippen molar-refractivity contribution in [2.75, 3.05) is 13.1 Å². The van der Waals surface area contributed by atoms with Crippen LogP contribution in [0, 0.1) is 11.8 Å². The summed E-state index contributed by atoms with van der Waals surface area (Å²) in [6.45, 7) is 9.01. The van der Waals surface area contributed by atoms with Crippen LogP contribution in [-0.4, -0.2) is 38.7 Å². The smallest absolute Gasteiger partial charge is 0.222 e. The summed E-state index contributed by atoms with van der Waals surface area (Å²) in [6, 6.07) is 0. The van der Waals surface area contributed by atoms with Gasteiger partial charge >= 0.3 is 0 Å². The number of rotatable bonds is 5. The van der Waals surface area contributed by atoms with Gasteiger partial charge in [-0.3, -0.25) is 4.79 Å². The summed E-state index contributed by atoms with van der Waals surface area (Å²) >= 11 is 0. The molecule has 2 rings (SSSR count). The molecular weight excluding hydrogens is 252 g/mol. The molecule has 1 atom stereocenters. The van der Waals surface area contributed by atoms with Gasteiger partial charge in [-0.05, 0) is 31.6 Å². The fraction of sp³-hybridized carbons (Fsp3) is 0.800. The van der Waals surface area contributed by atoms with Crippen LogP contribution in [0.15, 0.2) is 6.33 Å². The molecule has 0 aromatic carbocycles. The SMILES string of the molecule is CCn1cnnc1CC1CCCN(C(=O)CC(C)C)C1. The minimum Gasteiger partial charge on any atom is -0.342 e. The van der Waals surface area contributed by atoms with Crippen LogP contribution in [0.4, 0.5) is 0 Å². The Labute approximate surface area is 121 Å². The van der Waals surface area contributed by atoms with Crippen LogP contribution < -0.4 is 0 Å². The van der Waals surface area contributed by atoms with Crippen LogP contribution in [-0.2, 0) is 17.8 Å². The molecule has 1 aliphatic rings. The first kappa shape index (κ1) is 15.0. The summed E-state index contributed by atoms with van der Waals surface area (Å²) in [7, 11) is 0. The van der Waals surface area contributed by atoms with E-state index in [0.29, 0.717) is 24.2 Å². The lowest BCUT2D eigenvalue weighted by atomic mass is 9.94. The first-order valence-electron chi connectivity index (χ1n) is 7.74. The molecule has 1 fully saturated rings. The molecule has 0 saturated carbocycles. The highest BCUT2D eigenvalue weighted by Gasteiger charge is 2.25. The number of carbonyl (C=O) groups is 1. The minimum atomic E-state index is 0.307. The third kappa shape index (κ3) is 3.81. The van der Waals surface area contributed by atoms with Crippen molar-refractivity contribution in [2.45, 2.75) is 53.0 Å². The van der Waals surface area contributed by atoms with Gasteiger partial charge in [0.2, 0.25) is 5.91 Å². The first-order chi connectivity index (χ1) is 9.60. The Balaban J connectivity index is 1.92. The van der Waals surface area contributed by atoms with Crippen LogP contribution in [0.5, 0.6) is 0 Å². The van der Waals surface area contributed by atoms with E-state index in [9.17, 15) is 4.79 Å². The maximum absolute atomic E-state index is 12.2. The van der Waals surface area contributed by atoms with Crippen molar-refractivity contribution >= 4 is 5.91 Å². The molecule has 0 bridgehead atoms. The van der Waals surface area contributed by atoms with Crippen LogP contribution in [0.1, 0.15) is 45.9 Å². The summed E-state index contributed by atoms with van der Waals surface area (Å²) in [5.74, 6) is 2.32. The quantitative estimate of drug-likeness (QED) is 0.829. The number of aromatic nitrogens is 3. The largest absolute Gasteiger partial charge is 0.342 e. The van der Waals surface area contributed by atoms with Crippen molar-refractivity contribution in [3.8, 4) is 0 Å². The molecule has 0 N–H and O–H groups in total. The Morgan fingerprint density at radius 1 is 1.50 bits per heavy atom. The van der Waals surface area contributed by atoms with Crippen LogP contribution in [0.2, 0.25) is 0 Å². The first-order valence-corrected chi connectivity index (χ1v) is 7.74. The molecular formula is C15H26N4O. The van der Waals surface area contributed by atoms with Crippen molar-refractivity contribution in [2.24, 2.45) is 11.8 Å². The zero-order valence-electron chi connectivity index (χ0n) is 12.9. The molecule has 1 amide bonds. The van der Waals surface area contributed by atoms with E-state index in [-0.39, 0.29) is 0 Å². The maximum atomic E-state index is 12.2. The molecule has 0 spiro atoms. The molecule has 1 saturated heterocycles. The zero-order valence-corrected chi connectivity index (χ0v) is 12.9. The van der Waals surface area contributed by atoms with Crippen molar-refractivity contribution in [3.05, 3.63) is 12.2 Å². The van der Waals surface area contributed by atoms with E-state index < -0.39 is 0 Å². The molecule has 1 aromatic rings. The average Bonchev–Trinajstić information content (AvgIpc) is 2.85. The van der Waals surface area contributed by atoms with Crippen molar-refractivity contribution in [3.63, 3.8) is 0 Å². The fourth-order valence-corrected chi connectivity index (χ4v) is 2.90. The molecule has 2 heterocycles. The lowest BCUT2D eigenvalue weighted by Crippen LogP contribution is -2.41. The normalized spacial score (nSPS) is 19.6. The van der Waals surface area contributed by atoms with E-state index in [1.807, 2.05) is 4.90 Å². The molecule has 20 heavy (non-hydrogen) atoms. The van der Waals surface area contributed by atoms with E-state index in [4.69, 9.17) is 0 Å². The fourth-order valence-electron chi connectivity index (χ4n) is 2.90. The summed E-state index contributed by atoms with van der Waals surface area (Å²) in [5.41, 5.74) is 0. The van der Waals surface area contributed by atoms with Crippen molar-refractivity contribution in [1.82, 2.24) is 19.7 Å². The Kier molecular flexibility index (Phi) is 5.15. The molecule has 112 valence electrons. The van der Waals surface area contributed by atoms with E-state index in [1.165, 1.54) is 6.42 Å². The van der Waals surface area contributed by atoms with Crippen LogP contribution in [0.25, 0.3) is 0 Å². The van der Waals surface area contributed by atoms with Gasteiger partial charge in [-0.25, -0.2) is 0 Å². The van der Waals surface area contributed by atoms with E-state index in [2.05, 4.69) is 35.5 Å². The summed E-state index contributed by atoms with van der Waals surface area (Å²) < 4.78 is 2.09. The number of piperidine rings is 1. The topological polar surface area (TPSA) is 51.0 Å². The Bertz CT molecular complexity index is 441. The number of likely N-dealkylation sites (tertiary alicyclic amines) is 1. The second-order valence-corrected chi connectivity index (χ2v) is 6.18. The lowest BCUT2D eigenvalue weighted by molar-refractivity contribution is -0.133. The highest BCUT2D eigenvalue weighted by molar-refractivity contribution is 5.76. The van der Waals surface area contributed by atoms with Gasteiger partial charge in [0.05, 0.1) is 0 Å². The van der Waals surface area contributed by atoms with Crippen LogP contribution >= 0.6 is 0 Å². The molecule has 1 aliphatic heterocycles. The third-order valence-electron chi connectivity index (χ3n) is 3.96. The standard InChI is InChI=1S/C15H26N4O/c1-4-18-11-16-17-14(18)9-13-6-5-7-19(10-13)15(20)8-12(2)3/h11-13H,4-10H2,1-3H3. The molecule has 0 aliphatic carbocycles. The molecule has 0 radical (unpaired) electrons. The number of hydrogen-bond acceptors (Lipinski definition) is 3. The monoisotopic (exact) mass is 278 g/mol. The highest BCUT2D eigenvalue weighted by Crippen LogP contribution is 2.21. The Morgan fingerprint density at radius 3 is 3.00 bits per heavy atom. The number of aryl methyl sites for hydroxylation is 1. The average molecular weight is 278 g/mol. The van der Waals surface area contributed by atoms with Crippen molar-refractivity contribution < 1.29 is 4.79 Å². The Hall–Kier alpha value is -1.39. The van der Waals surface area contributed by atoms with Gasteiger partial charge in [-0.2, -0.15) is 0 Å². The van der Waals surface area contributed by atoms with E-state index in [0.717, 1.165) is 38.3 Å². The number of amides is 1. The van der Waals surface area contributed by atoms with Crippen molar-refractivity contribution in [1.29, 1.82) is 0 Å². The highest BCUT2D eigenvalue weighted by atomic mass is 16.2. The minimum absolute atomic E-state index is 0.307. The maximum Gasteiger partial charge on any atom is 0.222 e. The van der Waals surface area contributed by atoms with E-state index in [1.54, 1.807) is 6.33 Å². The number of hydrogen-bond donors (Lipinski definition) is 0. The summed E-state index contributed by atoms with van der Waals surface area (Å²) in [5, 5.41) is 8.19. The van der Waals surface area contributed by atoms with Gasteiger partial charge in [0.25, 0.3) is 0 Å². The third-order valence-corrected chi connectivity index (χ3v) is 3.96. The second kappa shape index (κ2) is 6.86. The van der Waals surface area contributed by atoms with E-state index >= 15 is 0 Å². The summed E-state index contributed by atoms with van der Waals surface area (Å²) in [6.07, 6.45) is 5.67. The van der Waals surface area contributed by atoms with Gasteiger partial charge in [-0.1, -0.05) is 13.8 Å². The molecule has 1 unspecified atom stereocenters. The predicted octanol–water partition coefficient (Wildman–Crippen LogP) is 2.13. The van der Waals surface area contributed by atoms with Gasteiger partial charge in [-0.15, -0.1) is 10.2 Å².